The third kappa shape index (κ3) is 3.94. The molecule has 1 unspecified atom stereocenters. The lowest BCUT2D eigenvalue weighted by Crippen LogP contribution is -2.53. The third-order valence-electron chi connectivity index (χ3n) is 5.58. The summed E-state index contributed by atoms with van der Waals surface area (Å²) in [7, 11) is 1.92. The highest BCUT2D eigenvalue weighted by Crippen LogP contribution is 2.31. The monoisotopic (exact) mass is 365 g/mol. The second-order valence-electron chi connectivity index (χ2n) is 7.27. The summed E-state index contributed by atoms with van der Waals surface area (Å²) in [5.74, 6) is 1.51. The number of H-pyrrole nitrogens is 1. The number of amides is 2. The van der Waals surface area contributed by atoms with Gasteiger partial charge < -0.3 is 14.8 Å². The highest BCUT2D eigenvalue weighted by Gasteiger charge is 2.36. The standard InChI is InChI=1S/C17H27N5O2S/c1-11(23)18-14(12-5-3-4-6-12)16(24)22-9-7-13(8-10-22)15-19-20-17(25)21(15)2/h12-14H,3-10H2,1-2H3,(H,18,23)(H,20,25). The minimum Gasteiger partial charge on any atom is -0.344 e. The summed E-state index contributed by atoms with van der Waals surface area (Å²) in [5.41, 5.74) is 0. The lowest BCUT2D eigenvalue weighted by Gasteiger charge is -2.35. The SMILES string of the molecule is CC(=O)NC(C(=O)N1CCC(c2n[nH]c(=S)n2C)CC1)C1CCCC1. The van der Waals surface area contributed by atoms with E-state index in [-0.39, 0.29) is 23.8 Å². The minimum absolute atomic E-state index is 0.0795. The van der Waals surface area contributed by atoms with Crippen molar-refractivity contribution in [1.82, 2.24) is 25.0 Å². The lowest BCUT2D eigenvalue weighted by molar-refractivity contribution is -0.138. The molecule has 1 aromatic rings. The Bertz CT molecular complexity index is 683. The molecule has 1 atom stereocenters. The van der Waals surface area contributed by atoms with Crippen LogP contribution >= 0.6 is 12.2 Å². The molecule has 2 N–H and O–H groups in total. The Kier molecular flexibility index (Phi) is 5.56. The summed E-state index contributed by atoms with van der Waals surface area (Å²) in [6, 6.07) is -0.364. The molecule has 8 heteroatoms. The van der Waals surface area contributed by atoms with Crippen LogP contribution in [-0.4, -0.2) is 50.6 Å². The molecule has 1 saturated heterocycles. The fourth-order valence-corrected chi connectivity index (χ4v) is 4.31. The van der Waals surface area contributed by atoms with Crippen molar-refractivity contribution in [3.8, 4) is 0 Å². The number of rotatable bonds is 4. The normalized spacial score (nSPS) is 20.6. The zero-order chi connectivity index (χ0) is 18.0. The van der Waals surface area contributed by atoms with Gasteiger partial charge in [-0.1, -0.05) is 12.8 Å². The van der Waals surface area contributed by atoms with Crippen LogP contribution in [0, 0.1) is 10.7 Å². The van der Waals surface area contributed by atoms with Crippen LogP contribution in [0.2, 0.25) is 0 Å². The number of carbonyl (C=O) groups is 2. The van der Waals surface area contributed by atoms with Gasteiger partial charge in [0, 0.05) is 33.0 Å². The highest BCUT2D eigenvalue weighted by atomic mass is 32.1. The van der Waals surface area contributed by atoms with E-state index in [4.69, 9.17) is 12.2 Å². The van der Waals surface area contributed by atoms with Gasteiger partial charge in [-0.05, 0) is 43.8 Å². The maximum Gasteiger partial charge on any atom is 0.245 e. The number of aromatic nitrogens is 3. The maximum absolute atomic E-state index is 13.0. The van der Waals surface area contributed by atoms with Gasteiger partial charge in [-0.2, -0.15) is 5.10 Å². The number of aromatic amines is 1. The molecule has 3 rings (SSSR count). The number of hydrogen-bond donors (Lipinski definition) is 2. The smallest absolute Gasteiger partial charge is 0.245 e. The molecule has 2 amide bonds. The van der Waals surface area contributed by atoms with Gasteiger partial charge in [0.25, 0.3) is 0 Å². The molecule has 25 heavy (non-hydrogen) atoms. The van der Waals surface area contributed by atoms with Crippen molar-refractivity contribution in [3.05, 3.63) is 10.6 Å². The summed E-state index contributed by atoms with van der Waals surface area (Å²) in [6.45, 7) is 2.89. The molecular formula is C17H27N5O2S. The van der Waals surface area contributed by atoms with E-state index in [0.717, 1.165) is 44.3 Å². The molecule has 1 saturated carbocycles. The van der Waals surface area contributed by atoms with Gasteiger partial charge in [-0.3, -0.25) is 14.7 Å². The molecule has 7 nitrogen and oxygen atoms in total. The first-order valence-corrected chi connectivity index (χ1v) is 9.55. The quantitative estimate of drug-likeness (QED) is 0.798. The van der Waals surface area contributed by atoms with Gasteiger partial charge in [-0.25, -0.2) is 0 Å². The van der Waals surface area contributed by atoms with Crippen molar-refractivity contribution in [2.45, 2.75) is 57.4 Å². The fourth-order valence-electron chi connectivity index (χ4n) is 4.17. The maximum atomic E-state index is 13.0. The largest absolute Gasteiger partial charge is 0.344 e. The van der Waals surface area contributed by atoms with Gasteiger partial charge in [-0.15, -0.1) is 0 Å². The Morgan fingerprint density at radius 1 is 1.24 bits per heavy atom. The second kappa shape index (κ2) is 7.68. The third-order valence-corrected chi connectivity index (χ3v) is 5.95. The minimum atomic E-state index is -0.364. The number of nitrogens with one attached hydrogen (secondary N) is 2. The van der Waals surface area contributed by atoms with Crippen molar-refractivity contribution in [2.75, 3.05) is 13.1 Å². The highest BCUT2D eigenvalue weighted by molar-refractivity contribution is 7.71. The van der Waals surface area contributed by atoms with E-state index >= 15 is 0 Å². The van der Waals surface area contributed by atoms with E-state index in [1.54, 1.807) is 0 Å². The van der Waals surface area contributed by atoms with Crippen LogP contribution in [0.15, 0.2) is 0 Å². The van der Waals surface area contributed by atoms with Crippen LogP contribution in [0.3, 0.4) is 0 Å². The molecule has 1 aromatic heterocycles. The van der Waals surface area contributed by atoms with Gasteiger partial charge in [0.15, 0.2) is 4.77 Å². The van der Waals surface area contributed by atoms with Crippen molar-refractivity contribution in [1.29, 1.82) is 0 Å². The van der Waals surface area contributed by atoms with E-state index < -0.39 is 0 Å². The molecule has 1 aliphatic carbocycles. The molecule has 2 aliphatic rings. The zero-order valence-corrected chi connectivity index (χ0v) is 15.8. The van der Waals surface area contributed by atoms with Crippen molar-refractivity contribution < 1.29 is 9.59 Å². The van der Waals surface area contributed by atoms with Gasteiger partial charge >= 0.3 is 0 Å². The molecule has 2 heterocycles. The predicted molar refractivity (Wildman–Crippen MR) is 96.5 cm³/mol. The van der Waals surface area contributed by atoms with Crippen LogP contribution in [0.4, 0.5) is 0 Å². The molecule has 138 valence electrons. The Morgan fingerprint density at radius 2 is 1.88 bits per heavy atom. The van der Waals surface area contributed by atoms with Crippen LogP contribution < -0.4 is 5.32 Å². The summed E-state index contributed by atoms with van der Waals surface area (Å²) < 4.78 is 2.54. The number of hydrogen-bond acceptors (Lipinski definition) is 4. The van der Waals surface area contributed by atoms with Crippen LogP contribution in [0.5, 0.6) is 0 Å². The molecule has 0 radical (unpaired) electrons. The van der Waals surface area contributed by atoms with Crippen LogP contribution in [-0.2, 0) is 16.6 Å². The zero-order valence-electron chi connectivity index (χ0n) is 15.0. The summed E-state index contributed by atoms with van der Waals surface area (Å²) >= 11 is 5.18. The molecular weight excluding hydrogens is 338 g/mol. The average Bonchev–Trinajstić information content (AvgIpc) is 3.23. The summed E-state index contributed by atoms with van der Waals surface area (Å²) in [4.78, 5) is 26.5. The van der Waals surface area contributed by atoms with E-state index in [9.17, 15) is 9.59 Å². The molecule has 2 fully saturated rings. The van der Waals surface area contributed by atoms with Crippen LogP contribution in [0.1, 0.15) is 57.2 Å². The second-order valence-corrected chi connectivity index (χ2v) is 7.65. The fraction of sp³-hybridized carbons (Fsp3) is 0.765. The van der Waals surface area contributed by atoms with Crippen molar-refractivity contribution in [2.24, 2.45) is 13.0 Å². The van der Waals surface area contributed by atoms with Crippen molar-refractivity contribution in [3.63, 3.8) is 0 Å². The molecule has 0 bridgehead atoms. The Balaban J connectivity index is 1.64. The molecule has 0 spiro atoms. The number of piperidine rings is 1. The summed E-state index contributed by atoms with van der Waals surface area (Å²) in [5, 5.41) is 10.1. The van der Waals surface area contributed by atoms with Crippen LogP contribution in [0.25, 0.3) is 0 Å². The van der Waals surface area contributed by atoms with E-state index in [1.807, 2.05) is 16.5 Å². The van der Waals surface area contributed by atoms with E-state index in [0.29, 0.717) is 23.8 Å². The average molecular weight is 366 g/mol. The topological polar surface area (TPSA) is 83.0 Å². The number of likely N-dealkylation sites (tertiary alicyclic amines) is 1. The predicted octanol–water partition coefficient (Wildman–Crippen LogP) is 1.88. The summed E-state index contributed by atoms with van der Waals surface area (Å²) in [6.07, 6.45) is 6.09. The molecule has 0 aromatic carbocycles. The molecule has 1 aliphatic heterocycles. The van der Waals surface area contributed by atoms with Gasteiger partial charge in [0.05, 0.1) is 0 Å². The van der Waals surface area contributed by atoms with Gasteiger partial charge in [0.2, 0.25) is 11.8 Å². The first-order chi connectivity index (χ1) is 12.0. The Labute approximate surface area is 153 Å². The Hall–Kier alpha value is -1.70. The van der Waals surface area contributed by atoms with Gasteiger partial charge in [0.1, 0.15) is 11.9 Å². The Morgan fingerprint density at radius 3 is 2.40 bits per heavy atom. The first kappa shape index (κ1) is 18.1. The first-order valence-electron chi connectivity index (χ1n) is 9.14. The number of nitrogens with zero attached hydrogens (tertiary/aromatic N) is 3. The number of carbonyl (C=O) groups excluding carboxylic acids is 2. The lowest BCUT2D eigenvalue weighted by atomic mass is 9.92. The van der Waals surface area contributed by atoms with E-state index in [2.05, 4.69) is 15.5 Å². The van der Waals surface area contributed by atoms with E-state index in [1.165, 1.54) is 6.92 Å². The van der Waals surface area contributed by atoms with Crippen molar-refractivity contribution >= 4 is 24.0 Å².